The Kier molecular flexibility index (Phi) is 7.93. The Bertz CT molecular complexity index is 1580. The first-order valence-electron chi connectivity index (χ1n) is 12.1. The molecule has 0 bridgehead atoms. The molecule has 0 aliphatic carbocycles. The summed E-state index contributed by atoms with van der Waals surface area (Å²) in [6, 6.07) is 14.0. The van der Waals surface area contributed by atoms with Crippen LogP contribution in [0.1, 0.15) is 23.2 Å². The van der Waals surface area contributed by atoms with Crippen LogP contribution in [0.5, 0.6) is 5.75 Å². The topological polar surface area (TPSA) is 111 Å². The molecule has 3 heterocycles. The highest BCUT2D eigenvalue weighted by atomic mass is 35.5. The number of pyridine rings is 1. The standard InChI is InChI=1S/C27H29N5O3S.ClH/c1-18-19(2)30-24-5-4-21(15-22(18)24)31-25-6-7-29-26-16-27(20(17-28)14-23(25)26)35-11-3-8-32-9-12-36(33,34)13-10-32;/h4-7,14-16,30H,3,8-13H2,1-2H3,(H,29,31);1H. The van der Waals surface area contributed by atoms with Gasteiger partial charge in [-0.25, -0.2) is 8.42 Å². The molecule has 0 spiro atoms. The Morgan fingerprint density at radius 2 is 1.92 bits per heavy atom. The van der Waals surface area contributed by atoms with Crippen LogP contribution in [0, 0.1) is 25.2 Å². The number of rotatable bonds is 7. The molecular formula is C27H30ClN5O3S. The second kappa shape index (κ2) is 11.0. The molecule has 1 fully saturated rings. The molecule has 5 rings (SSSR count). The molecule has 2 aromatic heterocycles. The van der Waals surface area contributed by atoms with Crippen molar-refractivity contribution in [1.82, 2.24) is 14.9 Å². The van der Waals surface area contributed by atoms with Gasteiger partial charge in [0.15, 0.2) is 9.84 Å². The molecule has 0 saturated carbocycles. The van der Waals surface area contributed by atoms with Crippen LogP contribution in [0.3, 0.4) is 0 Å². The molecule has 0 radical (unpaired) electrons. The van der Waals surface area contributed by atoms with Crippen molar-refractivity contribution in [2.75, 3.05) is 43.1 Å². The normalized spacial score (nSPS) is 15.3. The lowest BCUT2D eigenvalue weighted by Crippen LogP contribution is -2.40. The zero-order valence-electron chi connectivity index (χ0n) is 20.9. The van der Waals surface area contributed by atoms with Crippen LogP contribution < -0.4 is 10.1 Å². The minimum absolute atomic E-state index is 0. The highest BCUT2D eigenvalue weighted by Gasteiger charge is 2.21. The number of hydrogen-bond acceptors (Lipinski definition) is 7. The fourth-order valence-electron chi connectivity index (χ4n) is 4.63. The van der Waals surface area contributed by atoms with E-state index in [4.69, 9.17) is 4.74 Å². The fraction of sp³-hybridized carbons (Fsp3) is 0.333. The van der Waals surface area contributed by atoms with Crippen LogP contribution >= 0.6 is 12.4 Å². The summed E-state index contributed by atoms with van der Waals surface area (Å²) in [6.45, 7) is 6.52. The highest BCUT2D eigenvalue weighted by Crippen LogP contribution is 2.32. The van der Waals surface area contributed by atoms with E-state index in [0.29, 0.717) is 31.0 Å². The van der Waals surface area contributed by atoms with Gasteiger partial charge in [0, 0.05) is 65.3 Å². The molecule has 194 valence electrons. The summed E-state index contributed by atoms with van der Waals surface area (Å²) in [5, 5.41) is 15.3. The lowest BCUT2D eigenvalue weighted by Gasteiger charge is -2.26. The third kappa shape index (κ3) is 5.82. The van der Waals surface area contributed by atoms with E-state index in [-0.39, 0.29) is 23.9 Å². The molecule has 0 unspecified atom stereocenters. The first-order valence-corrected chi connectivity index (χ1v) is 13.9. The van der Waals surface area contributed by atoms with E-state index in [1.165, 1.54) is 10.9 Å². The van der Waals surface area contributed by atoms with Gasteiger partial charge in [-0.2, -0.15) is 5.26 Å². The Labute approximate surface area is 223 Å². The summed E-state index contributed by atoms with van der Waals surface area (Å²) >= 11 is 0. The third-order valence-electron chi connectivity index (χ3n) is 6.86. The SMILES string of the molecule is Cc1[nH]c2ccc(Nc3ccnc4cc(OCCCN5CCS(=O)(=O)CC5)c(C#N)cc34)cc2c1C.Cl. The monoisotopic (exact) mass is 539 g/mol. The van der Waals surface area contributed by atoms with Gasteiger partial charge in [0.05, 0.1) is 29.2 Å². The van der Waals surface area contributed by atoms with Crippen molar-refractivity contribution < 1.29 is 13.2 Å². The van der Waals surface area contributed by atoms with Crippen LogP contribution in [-0.2, 0) is 9.84 Å². The molecule has 1 aliphatic heterocycles. The zero-order valence-corrected chi connectivity index (χ0v) is 22.5. The van der Waals surface area contributed by atoms with E-state index in [2.05, 4.69) is 52.2 Å². The molecule has 2 N–H and O–H groups in total. The molecule has 10 heteroatoms. The van der Waals surface area contributed by atoms with Crippen LogP contribution in [0.2, 0.25) is 0 Å². The van der Waals surface area contributed by atoms with E-state index in [9.17, 15) is 13.7 Å². The largest absolute Gasteiger partial charge is 0.492 e. The van der Waals surface area contributed by atoms with Crippen LogP contribution in [-0.4, -0.2) is 61.0 Å². The number of nitriles is 1. The van der Waals surface area contributed by atoms with Crippen molar-refractivity contribution in [2.45, 2.75) is 20.3 Å². The number of H-pyrrole nitrogens is 1. The minimum Gasteiger partial charge on any atom is -0.492 e. The van der Waals surface area contributed by atoms with Crippen LogP contribution in [0.25, 0.3) is 21.8 Å². The number of aromatic nitrogens is 2. The van der Waals surface area contributed by atoms with Gasteiger partial charge in [-0.1, -0.05) is 0 Å². The van der Waals surface area contributed by atoms with E-state index in [1.807, 2.05) is 24.3 Å². The molecule has 1 aliphatic rings. The molecule has 8 nitrogen and oxygen atoms in total. The molecule has 37 heavy (non-hydrogen) atoms. The maximum absolute atomic E-state index is 11.6. The number of fused-ring (bicyclic) bond motifs is 2. The van der Waals surface area contributed by atoms with Crippen molar-refractivity contribution >= 4 is 55.4 Å². The van der Waals surface area contributed by atoms with Crippen molar-refractivity contribution in [3.63, 3.8) is 0 Å². The smallest absolute Gasteiger partial charge is 0.152 e. The van der Waals surface area contributed by atoms with Crippen LogP contribution in [0.4, 0.5) is 11.4 Å². The number of halogens is 1. The van der Waals surface area contributed by atoms with Crippen molar-refractivity contribution in [3.05, 3.63) is 59.4 Å². The fourth-order valence-corrected chi connectivity index (χ4v) is 5.90. The molecule has 0 amide bonds. The second-order valence-corrected chi connectivity index (χ2v) is 11.6. The number of aromatic amines is 1. The number of nitrogens with zero attached hydrogens (tertiary/aromatic N) is 3. The molecular weight excluding hydrogens is 510 g/mol. The predicted octanol–water partition coefficient (Wildman–Crippen LogP) is 4.87. The lowest BCUT2D eigenvalue weighted by molar-refractivity contribution is 0.245. The summed E-state index contributed by atoms with van der Waals surface area (Å²) in [5.41, 5.74) is 6.52. The Hall–Kier alpha value is -3.32. The van der Waals surface area contributed by atoms with Crippen molar-refractivity contribution in [2.24, 2.45) is 0 Å². The summed E-state index contributed by atoms with van der Waals surface area (Å²) in [5.74, 6) is 0.949. The van der Waals surface area contributed by atoms with Crippen molar-refractivity contribution in [1.29, 1.82) is 5.26 Å². The summed E-state index contributed by atoms with van der Waals surface area (Å²) in [6.07, 6.45) is 2.49. The molecule has 0 atom stereocenters. The first-order chi connectivity index (χ1) is 17.3. The van der Waals surface area contributed by atoms with Gasteiger partial charge in [-0.3, -0.25) is 4.98 Å². The number of ether oxygens (including phenoxy) is 1. The number of nitrogens with one attached hydrogen (secondary N) is 2. The van der Waals surface area contributed by atoms with Gasteiger partial charge in [-0.05, 0) is 56.2 Å². The minimum atomic E-state index is -2.88. The lowest BCUT2D eigenvalue weighted by atomic mass is 10.1. The predicted molar refractivity (Wildman–Crippen MR) is 150 cm³/mol. The maximum atomic E-state index is 11.6. The van der Waals surface area contributed by atoms with Gasteiger partial charge >= 0.3 is 0 Å². The number of aryl methyl sites for hydroxylation is 2. The second-order valence-electron chi connectivity index (χ2n) is 9.29. The van der Waals surface area contributed by atoms with E-state index < -0.39 is 9.84 Å². The number of anilines is 2. The zero-order chi connectivity index (χ0) is 25.3. The quantitative estimate of drug-likeness (QED) is 0.322. The highest BCUT2D eigenvalue weighted by molar-refractivity contribution is 7.91. The number of hydrogen-bond donors (Lipinski definition) is 2. The van der Waals surface area contributed by atoms with E-state index in [1.54, 1.807) is 6.20 Å². The van der Waals surface area contributed by atoms with Crippen molar-refractivity contribution in [3.8, 4) is 11.8 Å². The average molecular weight is 540 g/mol. The van der Waals surface area contributed by atoms with Gasteiger partial charge in [-0.15, -0.1) is 12.4 Å². The van der Waals surface area contributed by atoms with E-state index >= 15 is 0 Å². The summed E-state index contributed by atoms with van der Waals surface area (Å²) in [4.78, 5) is 10.0. The Morgan fingerprint density at radius 3 is 2.68 bits per heavy atom. The van der Waals surface area contributed by atoms with Crippen LogP contribution in [0.15, 0.2) is 42.6 Å². The van der Waals surface area contributed by atoms with Gasteiger partial charge in [0.25, 0.3) is 0 Å². The number of sulfone groups is 1. The maximum Gasteiger partial charge on any atom is 0.152 e. The van der Waals surface area contributed by atoms with Gasteiger partial charge in [0.2, 0.25) is 0 Å². The molecule has 1 saturated heterocycles. The molecule has 4 aromatic rings. The Morgan fingerprint density at radius 1 is 1.14 bits per heavy atom. The third-order valence-corrected chi connectivity index (χ3v) is 8.47. The van der Waals surface area contributed by atoms with Gasteiger partial charge < -0.3 is 19.9 Å². The summed E-state index contributed by atoms with van der Waals surface area (Å²) < 4.78 is 29.1. The Balaban J connectivity index is 0.00000320. The summed E-state index contributed by atoms with van der Waals surface area (Å²) in [7, 11) is -2.88. The van der Waals surface area contributed by atoms with Gasteiger partial charge in [0.1, 0.15) is 11.8 Å². The first kappa shape index (κ1) is 26.7. The van der Waals surface area contributed by atoms with E-state index in [0.717, 1.165) is 46.5 Å². The molecule has 2 aromatic carbocycles. The number of benzene rings is 2. The average Bonchev–Trinajstić information content (AvgIpc) is 3.15.